The van der Waals surface area contributed by atoms with E-state index in [1.54, 1.807) is 18.2 Å². The third-order valence-electron chi connectivity index (χ3n) is 4.79. The van der Waals surface area contributed by atoms with Crippen molar-refractivity contribution >= 4 is 17.5 Å². The molecule has 2 aromatic rings. The predicted octanol–water partition coefficient (Wildman–Crippen LogP) is 4.18. The summed E-state index contributed by atoms with van der Waals surface area (Å²) in [6.07, 6.45) is -2.63. The second-order valence-corrected chi connectivity index (χ2v) is 7.01. The summed E-state index contributed by atoms with van der Waals surface area (Å²) in [5.41, 5.74) is -0.165. The number of hydrogen-bond donors (Lipinski definition) is 2. The highest BCUT2D eigenvalue weighted by Crippen LogP contribution is 2.40. The molecule has 1 aliphatic carbocycles. The molecule has 1 saturated carbocycles. The second kappa shape index (κ2) is 7.86. The molecule has 1 fully saturated rings. The largest absolute Gasteiger partial charge is 0.416 e. The van der Waals surface area contributed by atoms with Crippen molar-refractivity contribution in [3.8, 4) is 0 Å². The molecule has 2 N–H and O–H groups in total. The van der Waals surface area contributed by atoms with Crippen LogP contribution in [-0.4, -0.2) is 28.1 Å². The van der Waals surface area contributed by atoms with Crippen LogP contribution in [0.4, 0.5) is 13.2 Å². The van der Waals surface area contributed by atoms with Crippen LogP contribution in [0.25, 0.3) is 0 Å². The Morgan fingerprint density at radius 2 is 2.00 bits per heavy atom. The fourth-order valence-corrected chi connectivity index (χ4v) is 3.64. The van der Waals surface area contributed by atoms with E-state index in [9.17, 15) is 23.1 Å². The average Bonchev–Trinajstić information content (AvgIpc) is 2.64. The van der Waals surface area contributed by atoms with Crippen LogP contribution < -0.4 is 5.32 Å². The van der Waals surface area contributed by atoms with Crippen molar-refractivity contribution in [2.45, 2.75) is 43.5 Å². The monoisotopic (exact) mass is 398 g/mol. The molecule has 0 bridgehead atoms. The highest BCUT2D eigenvalue weighted by atomic mass is 35.5. The molecule has 1 amide bonds. The molecule has 0 spiro atoms. The number of pyridine rings is 1. The molecule has 0 saturated heterocycles. The summed E-state index contributed by atoms with van der Waals surface area (Å²) in [6.45, 7) is 0. The summed E-state index contributed by atoms with van der Waals surface area (Å²) in [7, 11) is 0. The van der Waals surface area contributed by atoms with Gasteiger partial charge in [0.1, 0.15) is 5.69 Å². The van der Waals surface area contributed by atoms with Crippen molar-refractivity contribution in [1.29, 1.82) is 0 Å². The lowest BCUT2D eigenvalue weighted by molar-refractivity contribution is -0.137. The van der Waals surface area contributed by atoms with Gasteiger partial charge in [-0.15, -0.1) is 0 Å². The molecule has 0 radical (unpaired) electrons. The molecule has 0 aliphatic heterocycles. The van der Waals surface area contributed by atoms with E-state index in [2.05, 4.69) is 10.3 Å². The normalized spacial score (nSPS) is 23.1. The van der Waals surface area contributed by atoms with E-state index in [0.717, 1.165) is 12.1 Å². The molecule has 3 atom stereocenters. The van der Waals surface area contributed by atoms with Crippen molar-refractivity contribution in [3.63, 3.8) is 0 Å². The molecule has 1 aromatic heterocycles. The summed E-state index contributed by atoms with van der Waals surface area (Å²) in [4.78, 5) is 16.3. The van der Waals surface area contributed by atoms with Gasteiger partial charge in [-0.1, -0.05) is 17.7 Å². The number of nitrogens with one attached hydrogen (secondary N) is 1. The number of alkyl halides is 3. The van der Waals surface area contributed by atoms with Crippen molar-refractivity contribution in [3.05, 3.63) is 64.4 Å². The first-order valence-corrected chi connectivity index (χ1v) is 8.90. The number of benzene rings is 1. The van der Waals surface area contributed by atoms with E-state index in [1.165, 1.54) is 12.3 Å². The van der Waals surface area contributed by atoms with Crippen molar-refractivity contribution in [1.82, 2.24) is 10.3 Å². The van der Waals surface area contributed by atoms with Crippen LogP contribution in [0, 0.1) is 0 Å². The van der Waals surface area contributed by atoms with Crippen LogP contribution in [0.1, 0.15) is 46.8 Å². The number of nitrogens with zero attached hydrogens (tertiary/aromatic N) is 1. The lowest BCUT2D eigenvalue weighted by Crippen LogP contribution is -2.46. The van der Waals surface area contributed by atoms with Gasteiger partial charge in [-0.2, -0.15) is 13.2 Å². The zero-order valence-electron chi connectivity index (χ0n) is 14.2. The van der Waals surface area contributed by atoms with Gasteiger partial charge in [-0.25, -0.2) is 0 Å². The maximum atomic E-state index is 13.0. The molecular formula is C19H18ClF3N2O2. The number of aliphatic hydroxyl groups is 1. The smallest absolute Gasteiger partial charge is 0.391 e. The lowest BCUT2D eigenvalue weighted by atomic mass is 9.79. The molecule has 0 unspecified atom stereocenters. The van der Waals surface area contributed by atoms with Gasteiger partial charge in [-0.05, 0) is 61.1 Å². The van der Waals surface area contributed by atoms with Gasteiger partial charge in [0.05, 0.1) is 17.7 Å². The Morgan fingerprint density at radius 1 is 1.22 bits per heavy atom. The third-order valence-corrected chi connectivity index (χ3v) is 5.14. The van der Waals surface area contributed by atoms with Crippen LogP contribution in [0.5, 0.6) is 0 Å². The quantitative estimate of drug-likeness (QED) is 0.815. The van der Waals surface area contributed by atoms with Gasteiger partial charge >= 0.3 is 6.18 Å². The van der Waals surface area contributed by atoms with Gasteiger partial charge < -0.3 is 10.4 Å². The minimum absolute atomic E-state index is 0.212. The summed E-state index contributed by atoms with van der Waals surface area (Å²) >= 11 is 6.14. The van der Waals surface area contributed by atoms with Crippen LogP contribution in [0.15, 0.2) is 42.6 Å². The second-order valence-electron chi connectivity index (χ2n) is 6.61. The van der Waals surface area contributed by atoms with Gasteiger partial charge in [0.2, 0.25) is 0 Å². The molecule has 1 heterocycles. The van der Waals surface area contributed by atoms with Gasteiger partial charge in [0, 0.05) is 11.2 Å². The molecule has 3 rings (SSSR count). The van der Waals surface area contributed by atoms with Gasteiger partial charge in [-0.3, -0.25) is 9.78 Å². The van der Waals surface area contributed by atoms with Crippen molar-refractivity contribution in [2.75, 3.05) is 0 Å². The van der Waals surface area contributed by atoms with Gasteiger partial charge in [0.25, 0.3) is 5.91 Å². The zero-order chi connectivity index (χ0) is 19.6. The summed E-state index contributed by atoms with van der Waals surface area (Å²) < 4.78 is 39.1. The highest BCUT2D eigenvalue weighted by molar-refractivity contribution is 6.31. The summed E-state index contributed by atoms with van der Waals surface area (Å²) in [5, 5.41) is 13.2. The van der Waals surface area contributed by atoms with Crippen molar-refractivity contribution in [2.24, 2.45) is 0 Å². The standard InChI is InChI=1S/C19H18ClF3N2O2/c20-14-6-5-12(19(21,22)23)10-13(14)11-4-7-17(26)16(9-11)25-18(27)15-3-1-2-8-24-15/h1-3,5-6,8,10-11,16-17,26H,4,7,9H2,(H,25,27)/t11-,16-,17-/m0/s1. The SMILES string of the molecule is O=C(N[C@H]1C[C@@H](c2cc(C(F)(F)F)ccc2Cl)CC[C@@H]1O)c1ccccn1. The number of aliphatic hydroxyl groups excluding tert-OH is 1. The number of halogens is 4. The predicted molar refractivity (Wildman–Crippen MR) is 94.5 cm³/mol. The maximum Gasteiger partial charge on any atom is 0.416 e. The third kappa shape index (κ3) is 4.59. The zero-order valence-corrected chi connectivity index (χ0v) is 15.0. The molecule has 144 valence electrons. The first-order valence-electron chi connectivity index (χ1n) is 8.52. The highest BCUT2D eigenvalue weighted by Gasteiger charge is 2.35. The topological polar surface area (TPSA) is 62.2 Å². The lowest BCUT2D eigenvalue weighted by Gasteiger charge is -2.34. The number of aromatic nitrogens is 1. The van der Waals surface area contributed by atoms with Crippen LogP contribution >= 0.6 is 11.6 Å². The Labute approximate surface area is 159 Å². The van der Waals surface area contributed by atoms with E-state index >= 15 is 0 Å². The maximum absolute atomic E-state index is 13.0. The molecular weight excluding hydrogens is 381 g/mol. The van der Waals surface area contributed by atoms with E-state index in [4.69, 9.17) is 11.6 Å². The first kappa shape index (κ1) is 19.6. The van der Waals surface area contributed by atoms with Crippen LogP contribution in [0.3, 0.4) is 0 Å². The molecule has 27 heavy (non-hydrogen) atoms. The Kier molecular flexibility index (Phi) is 5.72. The Bertz CT molecular complexity index is 814. The Balaban J connectivity index is 1.78. The van der Waals surface area contributed by atoms with E-state index in [0.29, 0.717) is 24.8 Å². The summed E-state index contributed by atoms with van der Waals surface area (Å²) in [5.74, 6) is -0.729. The van der Waals surface area contributed by atoms with E-state index in [1.807, 2.05) is 0 Å². The van der Waals surface area contributed by atoms with Crippen LogP contribution in [0.2, 0.25) is 5.02 Å². The van der Waals surface area contributed by atoms with Gasteiger partial charge in [0.15, 0.2) is 0 Å². The van der Waals surface area contributed by atoms with E-state index in [-0.39, 0.29) is 16.6 Å². The average molecular weight is 399 g/mol. The molecule has 1 aromatic carbocycles. The Morgan fingerprint density at radius 3 is 2.67 bits per heavy atom. The number of carbonyl (C=O) groups excluding carboxylic acids is 1. The molecule has 4 nitrogen and oxygen atoms in total. The molecule has 8 heteroatoms. The number of carbonyl (C=O) groups is 1. The van der Waals surface area contributed by atoms with Crippen LogP contribution in [-0.2, 0) is 6.18 Å². The molecule has 1 aliphatic rings. The fourth-order valence-electron chi connectivity index (χ4n) is 3.36. The fraction of sp³-hybridized carbons (Fsp3) is 0.368. The van der Waals surface area contributed by atoms with Crippen molar-refractivity contribution < 1.29 is 23.1 Å². The summed E-state index contributed by atoms with van der Waals surface area (Å²) in [6, 6.07) is 7.55. The Hall–Kier alpha value is -2.12. The minimum Gasteiger partial charge on any atom is -0.391 e. The van der Waals surface area contributed by atoms with E-state index < -0.39 is 29.8 Å². The number of amides is 1. The number of rotatable bonds is 3. The minimum atomic E-state index is -4.46. The number of hydrogen-bond acceptors (Lipinski definition) is 3. The first-order chi connectivity index (χ1) is 12.8.